The fourth-order valence-electron chi connectivity index (χ4n) is 2.10. The highest BCUT2D eigenvalue weighted by atomic mass is 79.9. The SMILES string of the molecule is NS(=O)(=O)c1cc(C(=O)O)ccc1NS(=O)(=O)CCc1ccc(Br)cc1. The Morgan fingerprint density at radius 3 is 2.23 bits per heavy atom. The number of aromatic carboxylic acids is 1. The first kappa shape index (κ1) is 20.4. The first-order valence-corrected chi connectivity index (χ1v) is 11.1. The van der Waals surface area contributed by atoms with E-state index >= 15 is 0 Å². The quantitative estimate of drug-likeness (QED) is 0.571. The van der Waals surface area contributed by atoms with Crippen molar-refractivity contribution in [3.05, 3.63) is 58.1 Å². The predicted octanol–water partition coefficient (Wildman–Crippen LogP) is 1.78. The summed E-state index contributed by atoms with van der Waals surface area (Å²) >= 11 is 3.28. The van der Waals surface area contributed by atoms with Gasteiger partial charge in [-0.05, 0) is 42.3 Å². The molecular weight excluding hydrogens is 448 g/mol. The van der Waals surface area contributed by atoms with Crippen LogP contribution in [0.4, 0.5) is 5.69 Å². The van der Waals surface area contributed by atoms with Crippen molar-refractivity contribution in [1.82, 2.24) is 0 Å². The van der Waals surface area contributed by atoms with E-state index in [9.17, 15) is 21.6 Å². The van der Waals surface area contributed by atoms with Crippen LogP contribution in [0.1, 0.15) is 15.9 Å². The number of carboxylic acid groups (broad SMARTS) is 1. The molecule has 0 spiro atoms. The molecular formula is C15H15BrN2O6S2. The number of primary sulfonamides is 1. The lowest BCUT2D eigenvalue weighted by Gasteiger charge is -2.12. The molecule has 0 atom stereocenters. The Bertz CT molecular complexity index is 1030. The monoisotopic (exact) mass is 462 g/mol. The maximum atomic E-state index is 12.3. The molecule has 0 unspecified atom stereocenters. The zero-order chi connectivity index (χ0) is 19.5. The van der Waals surface area contributed by atoms with E-state index in [0.29, 0.717) is 0 Å². The summed E-state index contributed by atoms with van der Waals surface area (Å²) in [4.78, 5) is 10.4. The van der Waals surface area contributed by atoms with Crippen LogP contribution in [0.15, 0.2) is 51.8 Å². The Kier molecular flexibility index (Phi) is 6.06. The molecule has 140 valence electrons. The lowest BCUT2D eigenvalue weighted by Crippen LogP contribution is -2.22. The lowest BCUT2D eigenvalue weighted by molar-refractivity contribution is 0.0696. The topological polar surface area (TPSA) is 144 Å². The Labute approximate surface area is 159 Å². The van der Waals surface area contributed by atoms with E-state index in [4.69, 9.17) is 10.2 Å². The van der Waals surface area contributed by atoms with Gasteiger partial charge in [0, 0.05) is 4.47 Å². The average Bonchev–Trinajstić information content (AvgIpc) is 2.53. The van der Waals surface area contributed by atoms with E-state index in [-0.39, 0.29) is 23.4 Å². The molecule has 0 aliphatic heterocycles. The molecule has 0 saturated heterocycles. The van der Waals surface area contributed by atoms with E-state index in [1.165, 1.54) is 0 Å². The Morgan fingerprint density at radius 1 is 1.08 bits per heavy atom. The number of nitrogens with one attached hydrogen (secondary N) is 1. The molecule has 2 aromatic rings. The highest BCUT2D eigenvalue weighted by molar-refractivity contribution is 9.10. The minimum Gasteiger partial charge on any atom is -0.478 e. The van der Waals surface area contributed by atoms with Gasteiger partial charge in [-0.15, -0.1) is 0 Å². The number of carbonyl (C=O) groups is 1. The summed E-state index contributed by atoms with van der Waals surface area (Å²) in [5.74, 6) is -1.65. The number of aryl methyl sites for hydroxylation is 1. The molecule has 0 saturated carbocycles. The normalized spacial score (nSPS) is 11.9. The third kappa shape index (κ3) is 5.53. The molecule has 8 nitrogen and oxygen atoms in total. The summed E-state index contributed by atoms with van der Waals surface area (Å²) < 4.78 is 50.9. The molecule has 0 radical (unpaired) electrons. The number of sulfonamides is 2. The van der Waals surface area contributed by atoms with Crippen molar-refractivity contribution in [2.24, 2.45) is 5.14 Å². The summed E-state index contributed by atoms with van der Waals surface area (Å²) in [6.07, 6.45) is 0.209. The van der Waals surface area contributed by atoms with Crippen LogP contribution >= 0.6 is 15.9 Å². The van der Waals surface area contributed by atoms with Gasteiger partial charge in [0.15, 0.2) is 0 Å². The first-order chi connectivity index (χ1) is 12.0. The molecule has 2 aromatic carbocycles. The van der Waals surface area contributed by atoms with Gasteiger partial charge < -0.3 is 5.11 Å². The molecule has 0 heterocycles. The van der Waals surface area contributed by atoms with Gasteiger partial charge >= 0.3 is 5.97 Å². The summed E-state index contributed by atoms with van der Waals surface area (Å²) in [6.45, 7) is 0. The van der Waals surface area contributed by atoms with Crippen molar-refractivity contribution >= 4 is 47.6 Å². The first-order valence-electron chi connectivity index (χ1n) is 7.13. The molecule has 0 aromatic heterocycles. The summed E-state index contributed by atoms with van der Waals surface area (Å²) in [6, 6.07) is 10.0. The maximum Gasteiger partial charge on any atom is 0.335 e. The van der Waals surface area contributed by atoms with Crippen molar-refractivity contribution in [1.29, 1.82) is 0 Å². The van der Waals surface area contributed by atoms with Crippen molar-refractivity contribution in [3.63, 3.8) is 0 Å². The average molecular weight is 463 g/mol. The second-order valence-corrected chi connectivity index (χ2v) is 9.65. The van der Waals surface area contributed by atoms with Crippen molar-refractivity contribution in [3.8, 4) is 0 Å². The van der Waals surface area contributed by atoms with E-state index in [0.717, 1.165) is 28.2 Å². The number of hydrogen-bond donors (Lipinski definition) is 3. The van der Waals surface area contributed by atoms with Crippen molar-refractivity contribution in [2.45, 2.75) is 11.3 Å². The number of rotatable bonds is 7. The summed E-state index contributed by atoms with van der Waals surface area (Å²) in [5, 5.41) is 14.0. The van der Waals surface area contributed by atoms with Crippen molar-refractivity contribution in [2.75, 3.05) is 10.5 Å². The van der Waals surface area contributed by atoms with Crippen LogP contribution < -0.4 is 9.86 Å². The van der Waals surface area contributed by atoms with Gasteiger partial charge in [-0.25, -0.2) is 26.8 Å². The molecule has 26 heavy (non-hydrogen) atoms. The molecule has 0 aliphatic carbocycles. The fraction of sp³-hybridized carbons (Fsp3) is 0.133. The molecule has 0 bridgehead atoms. The second kappa shape index (κ2) is 7.74. The minimum atomic E-state index is -4.33. The van der Waals surface area contributed by atoms with E-state index in [1.54, 1.807) is 24.3 Å². The van der Waals surface area contributed by atoms with Gasteiger partial charge in [0.1, 0.15) is 4.90 Å². The van der Waals surface area contributed by atoms with Gasteiger partial charge in [-0.2, -0.15) is 0 Å². The maximum absolute atomic E-state index is 12.3. The highest BCUT2D eigenvalue weighted by Crippen LogP contribution is 2.23. The summed E-state index contributed by atoms with van der Waals surface area (Å²) in [7, 11) is -8.22. The van der Waals surface area contributed by atoms with Crippen LogP contribution in [0.5, 0.6) is 0 Å². The standard InChI is InChI=1S/C15H15BrN2O6S2/c16-12-4-1-10(2-5-12)7-8-25(21,22)18-13-6-3-11(15(19)20)9-14(13)26(17,23)24/h1-6,9,18H,7-8H2,(H,19,20)(H2,17,23,24). The number of carboxylic acids is 1. The molecule has 2 rings (SSSR count). The van der Waals surface area contributed by atoms with Crippen LogP contribution in [-0.2, 0) is 26.5 Å². The van der Waals surface area contributed by atoms with Crippen LogP contribution in [-0.4, -0.2) is 33.7 Å². The second-order valence-electron chi connectivity index (χ2n) is 5.36. The van der Waals surface area contributed by atoms with Gasteiger partial charge in [0.05, 0.1) is 17.0 Å². The van der Waals surface area contributed by atoms with E-state index in [2.05, 4.69) is 20.7 Å². The molecule has 11 heteroatoms. The van der Waals surface area contributed by atoms with Crippen molar-refractivity contribution < 1.29 is 26.7 Å². The Morgan fingerprint density at radius 2 is 1.69 bits per heavy atom. The smallest absolute Gasteiger partial charge is 0.335 e. The third-order valence-electron chi connectivity index (χ3n) is 3.37. The largest absolute Gasteiger partial charge is 0.478 e. The lowest BCUT2D eigenvalue weighted by atomic mass is 10.2. The Balaban J connectivity index is 2.25. The van der Waals surface area contributed by atoms with Crippen LogP contribution in [0, 0.1) is 0 Å². The summed E-state index contributed by atoms with van der Waals surface area (Å²) in [5.41, 5.74) is 0.159. The van der Waals surface area contributed by atoms with E-state index < -0.39 is 30.9 Å². The fourth-order valence-corrected chi connectivity index (χ4v) is 4.26. The van der Waals surface area contributed by atoms with E-state index in [1.807, 2.05) is 0 Å². The number of halogens is 1. The van der Waals surface area contributed by atoms with Gasteiger partial charge in [0.2, 0.25) is 20.0 Å². The number of hydrogen-bond acceptors (Lipinski definition) is 5. The van der Waals surface area contributed by atoms with Crippen LogP contribution in [0.2, 0.25) is 0 Å². The van der Waals surface area contributed by atoms with Gasteiger partial charge in [-0.3, -0.25) is 4.72 Å². The number of benzene rings is 2. The molecule has 0 fully saturated rings. The zero-order valence-electron chi connectivity index (χ0n) is 13.2. The minimum absolute atomic E-state index is 0.209. The zero-order valence-corrected chi connectivity index (χ0v) is 16.4. The van der Waals surface area contributed by atoms with Crippen LogP contribution in [0.25, 0.3) is 0 Å². The molecule has 0 aliphatic rings. The predicted molar refractivity (Wildman–Crippen MR) is 100 cm³/mol. The molecule has 0 amide bonds. The van der Waals surface area contributed by atoms with Gasteiger partial charge in [-0.1, -0.05) is 28.1 Å². The number of nitrogens with two attached hydrogens (primary N) is 1. The number of anilines is 1. The Hall–Kier alpha value is -1.95. The van der Waals surface area contributed by atoms with Gasteiger partial charge in [0.25, 0.3) is 0 Å². The van der Waals surface area contributed by atoms with Crippen LogP contribution in [0.3, 0.4) is 0 Å². The third-order valence-corrected chi connectivity index (χ3v) is 6.13. The molecule has 4 N–H and O–H groups in total. The highest BCUT2D eigenvalue weighted by Gasteiger charge is 2.21.